The van der Waals surface area contributed by atoms with Crippen LogP contribution in [0.2, 0.25) is 5.02 Å². The first-order valence-corrected chi connectivity index (χ1v) is 6.40. The Morgan fingerprint density at radius 3 is 2.60 bits per heavy atom. The Labute approximate surface area is 122 Å². The molecule has 0 bridgehead atoms. The summed E-state index contributed by atoms with van der Waals surface area (Å²) < 4.78 is 2.09. The smallest absolute Gasteiger partial charge is 0.332 e. The molecule has 5 nitrogen and oxygen atoms in total. The van der Waals surface area contributed by atoms with Crippen LogP contribution in [0.4, 0.5) is 4.79 Å². The number of carbonyl (C=O) groups excluding carboxylic acids is 1. The molecule has 0 unspecified atom stereocenters. The fourth-order valence-corrected chi connectivity index (χ4v) is 2.20. The number of halogens is 1. The molecular weight excluding hydrogens is 276 g/mol. The normalized spacial score (nSPS) is 10.9. The lowest BCUT2D eigenvalue weighted by atomic mass is 10.2. The summed E-state index contributed by atoms with van der Waals surface area (Å²) in [6, 6.07) is 8.88. The number of aromatic nitrogens is 1. The van der Waals surface area contributed by atoms with Crippen molar-refractivity contribution in [1.82, 2.24) is 9.99 Å². The number of benzene rings is 1. The third-order valence-corrected chi connectivity index (χ3v) is 3.19. The Bertz CT molecular complexity index is 659. The first kappa shape index (κ1) is 14.1. The lowest BCUT2D eigenvalue weighted by molar-refractivity contribution is 0.249. The van der Waals surface area contributed by atoms with Crippen molar-refractivity contribution < 1.29 is 4.79 Å². The molecule has 0 radical (unpaired) electrons. The molecule has 0 spiro atoms. The number of primary amides is 1. The largest absolute Gasteiger partial charge is 0.350 e. The fraction of sp³-hybridized carbons (Fsp3) is 0.143. The van der Waals surface area contributed by atoms with E-state index in [0.717, 1.165) is 22.6 Å². The van der Waals surface area contributed by atoms with E-state index >= 15 is 0 Å². The second kappa shape index (κ2) is 5.79. The van der Waals surface area contributed by atoms with Crippen LogP contribution in [0.25, 0.3) is 5.69 Å². The van der Waals surface area contributed by atoms with Crippen LogP contribution in [0.5, 0.6) is 0 Å². The molecule has 2 rings (SSSR count). The van der Waals surface area contributed by atoms with Gasteiger partial charge in [0.25, 0.3) is 0 Å². The van der Waals surface area contributed by atoms with Crippen molar-refractivity contribution in [1.29, 1.82) is 0 Å². The van der Waals surface area contributed by atoms with Crippen LogP contribution in [-0.2, 0) is 0 Å². The number of carbonyl (C=O) groups is 1. The maximum absolute atomic E-state index is 10.6. The molecule has 0 fully saturated rings. The highest BCUT2D eigenvalue weighted by Crippen LogP contribution is 2.21. The van der Waals surface area contributed by atoms with E-state index < -0.39 is 6.03 Å². The van der Waals surface area contributed by atoms with Crippen LogP contribution in [-0.4, -0.2) is 16.8 Å². The number of hydrogen-bond donors (Lipinski definition) is 2. The fourth-order valence-electron chi connectivity index (χ4n) is 2.07. The van der Waals surface area contributed by atoms with Crippen molar-refractivity contribution in [2.24, 2.45) is 10.8 Å². The molecule has 104 valence electrons. The average molecular weight is 291 g/mol. The van der Waals surface area contributed by atoms with Crippen LogP contribution >= 0.6 is 11.6 Å². The summed E-state index contributed by atoms with van der Waals surface area (Å²) in [5.41, 5.74) is 11.1. The minimum atomic E-state index is -0.687. The SMILES string of the molecule is Cc1cc(/C=N\NC(N)=O)c(C)n1-c1ccc(Cl)cc1. The lowest BCUT2D eigenvalue weighted by Gasteiger charge is -2.09. The molecule has 0 saturated heterocycles. The van der Waals surface area contributed by atoms with Crippen LogP contribution < -0.4 is 11.2 Å². The highest BCUT2D eigenvalue weighted by molar-refractivity contribution is 6.30. The number of hydrazone groups is 1. The first-order chi connectivity index (χ1) is 9.49. The summed E-state index contributed by atoms with van der Waals surface area (Å²) in [5, 5.41) is 4.48. The van der Waals surface area contributed by atoms with Gasteiger partial charge in [0.1, 0.15) is 0 Å². The second-order valence-corrected chi connectivity index (χ2v) is 4.81. The summed E-state index contributed by atoms with van der Waals surface area (Å²) in [6.45, 7) is 3.98. The Balaban J connectivity index is 2.36. The summed E-state index contributed by atoms with van der Waals surface area (Å²) in [4.78, 5) is 10.6. The van der Waals surface area contributed by atoms with Gasteiger partial charge in [-0.25, -0.2) is 10.2 Å². The van der Waals surface area contributed by atoms with Gasteiger partial charge in [-0.2, -0.15) is 5.10 Å². The van der Waals surface area contributed by atoms with Gasteiger partial charge >= 0.3 is 6.03 Å². The van der Waals surface area contributed by atoms with Crippen LogP contribution in [0.3, 0.4) is 0 Å². The molecule has 2 aromatic rings. The molecule has 1 heterocycles. The molecule has 1 aromatic heterocycles. The number of nitrogens with zero attached hydrogens (tertiary/aromatic N) is 2. The van der Waals surface area contributed by atoms with Gasteiger partial charge in [-0.3, -0.25) is 0 Å². The lowest BCUT2D eigenvalue weighted by Crippen LogP contribution is -2.24. The van der Waals surface area contributed by atoms with E-state index in [1.54, 1.807) is 6.21 Å². The van der Waals surface area contributed by atoms with E-state index in [4.69, 9.17) is 17.3 Å². The van der Waals surface area contributed by atoms with E-state index in [2.05, 4.69) is 15.1 Å². The van der Waals surface area contributed by atoms with Crippen LogP contribution in [0.1, 0.15) is 17.0 Å². The van der Waals surface area contributed by atoms with Gasteiger partial charge in [0.2, 0.25) is 0 Å². The van der Waals surface area contributed by atoms with Gasteiger partial charge in [-0.05, 0) is 44.2 Å². The molecule has 1 aromatic carbocycles. The van der Waals surface area contributed by atoms with E-state index in [1.807, 2.05) is 44.2 Å². The molecule has 20 heavy (non-hydrogen) atoms. The average Bonchev–Trinajstić information content (AvgIpc) is 2.66. The van der Waals surface area contributed by atoms with Gasteiger partial charge in [-0.15, -0.1) is 0 Å². The number of hydrogen-bond acceptors (Lipinski definition) is 2. The van der Waals surface area contributed by atoms with E-state index in [1.165, 1.54) is 0 Å². The highest BCUT2D eigenvalue weighted by atomic mass is 35.5. The summed E-state index contributed by atoms with van der Waals surface area (Å²) in [5.74, 6) is 0. The molecule has 0 aliphatic carbocycles. The first-order valence-electron chi connectivity index (χ1n) is 6.02. The van der Waals surface area contributed by atoms with Crippen molar-refractivity contribution in [3.63, 3.8) is 0 Å². The van der Waals surface area contributed by atoms with Gasteiger partial charge in [0.15, 0.2) is 0 Å². The number of nitrogens with two attached hydrogens (primary N) is 1. The minimum absolute atomic E-state index is 0.687. The second-order valence-electron chi connectivity index (χ2n) is 4.37. The Morgan fingerprint density at radius 1 is 1.35 bits per heavy atom. The maximum Gasteiger partial charge on any atom is 0.332 e. The zero-order valence-electron chi connectivity index (χ0n) is 11.2. The topological polar surface area (TPSA) is 72.4 Å². The van der Waals surface area contributed by atoms with E-state index in [9.17, 15) is 4.79 Å². The minimum Gasteiger partial charge on any atom is -0.350 e. The predicted octanol–water partition coefficient (Wildman–Crippen LogP) is 2.75. The summed E-state index contributed by atoms with van der Waals surface area (Å²) in [7, 11) is 0. The van der Waals surface area contributed by atoms with Crippen molar-refractivity contribution in [2.75, 3.05) is 0 Å². The molecule has 0 aliphatic rings. The molecule has 3 N–H and O–H groups in total. The van der Waals surface area contributed by atoms with Gasteiger partial charge in [0, 0.05) is 27.7 Å². The van der Waals surface area contributed by atoms with Crippen molar-refractivity contribution in [3.8, 4) is 5.69 Å². The van der Waals surface area contributed by atoms with Gasteiger partial charge < -0.3 is 10.3 Å². The van der Waals surface area contributed by atoms with Gasteiger partial charge in [0.05, 0.1) is 6.21 Å². The molecule has 0 aliphatic heterocycles. The number of amides is 2. The number of urea groups is 1. The molecule has 0 atom stereocenters. The Hall–Kier alpha value is -2.27. The molecule has 6 heteroatoms. The zero-order valence-corrected chi connectivity index (χ0v) is 12.0. The van der Waals surface area contributed by atoms with E-state index in [-0.39, 0.29) is 0 Å². The molecule has 0 saturated carbocycles. The zero-order chi connectivity index (χ0) is 14.7. The van der Waals surface area contributed by atoms with E-state index in [0.29, 0.717) is 5.02 Å². The standard InChI is InChI=1S/C14H15ClN4O/c1-9-7-11(8-17-18-14(16)20)10(2)19(9)13-5-3-12(15)4-6-13/h3-8H,1-2H3,(H3,16,18,20)/b17-8-. The summed E-state index contributed by atoms with van der Waals surface area (Å²) in [6.07, 6.45) is 1.57. The molecule has 2 amide bonds. The quantitative estimate of drug-likeness (QED) is 0.662. The molecular formula is C14H15ClN4O. The van der Waals surface area contributed by atoms with Crippen LogP contribution in [0, 0.1) is 13.8 Å². The third kappa shape index (κ3) is 3.00. The highest BCUT2D eigenvalue weighted by Gasteiger charge is 2.09. The maximum atomic E-state index is 10.6. The van der Waals surface area contributed by atoms with Crippen molar-refractivity contribution in [2.45, 2.75) is 13.8 Å². The monoisotopic (exact) mass is 290 g/mol. The number of aryl methyl sites for hydroxylation is 1. The number of nitrogens with one attached hydrogen (secondary N) is 1. The van der Waals surface area contributed by atoms with Crippen molar-refractivity contribution in [3.05, 3.63) is 52.3 Å². The van der Waals surface area contributed by atoms with Crippen molar-refractivity contribution >= 4 is 23.8 Å². The summed E-state index contributed by atoms with van der Waals surface area (Å²) >= 11 is 5.90. The Kier molecular flexibility index (Phi) is 4.10. The Morgan fingerprint density at radius 2 is 2.00 bits per heavy atom. The van der Waals surface area contributed by atoms with Crippen LogP contribution in [0.15, 0.2) is 35.4 Å². The number of rotatable bonds is 3. The predicted molar refractivity (Wildman–Crippen MR) is 80.6 cm³/mol. The van der Waals surface area contributed by atoms with Gasteiger partial charge in [-0.1, -0.05) is 11.6 Å². The third-order valence-electron chi connectivity index (χ3n) is 2.93.